The molecule has 0 saturated carbocycles. The Morgan fingerprint density at radius 2 is 1.37 bits per heavy atom. The Balaban J connectivity index is 1.83. The lowest BCUT2D eigenvalue weighted by Gasteiger charge is -2.34. The fraction of sp³-hybridized carbons (Fsp3) is 0.316. The second-order valence-corrected chi connectivity index (χ2v) is 14.3. The Morgan fingerprint density at radius 3 is 2.02 bits per heavy atom. The van der Waals surface area contributed by atoms with E-state index in [4.69, 9.17) is 0 Å². The second kappa shape index (κ2) is 15.2. The van der Waals surface area contributed by atoms with Gasteiger partial charge in [0.15, 0.2) is 0 Å². The molecule has 7 nitrogen and oxygen atoms in total. The van der Waals surface area contributed by atoms with Gasteiger partial charge in [-0.1, -0.05) is 104 Å². The van der Waals surface area contributed by atoms with Crippen molar-refractivity contribution in [2.75, 3.05) is 17.4 Å². The van der Waals surface area contributed by atoms with Gasteiger partial charge >= 0.3 is 0 Å². The van der Waals surface area contributed by atoms with Gasteiger partial charge in [0.2, 0.25) is 11.8 Å². The number of aryl methyl sites for hydroxylation is 4. The van der Waals surface area contributed by atoms with Crippen LogP contribution in [0.5, 0.6) is 0 Å². The number of nitrogens with one attached hydrogen (secondary N) is 1. The van der Waals surface area contributed by atoms with Crippen LogP contribution in [0.2, 0.25) is 0 Å². The number of rotatable bonds is 13. The molecule has 0 spiro atoms. The van der Waals surface area contributed by atoms with Gasteiger partial charge in [0.25, 0.3) is 10.0 Å². The average Bonchev–Trinajstić information content (AvgIpc) is 3.02. The zero-order chi connectivity index (χ0) is 33.4. The van der Waals surface area contributed by atoms with Crippen molar-refractivity contribution in [1.29, 1.82) is 0 Å². The van der Waals surface area contributed by atoms with Crippen molar-refractivity contribution in [3.63, 3.8) is 0 Å². The number of nitrogens with zero attached hydrogens (tertiary/aromatic N) is 2. The SMILES string of the molecule is Cc1ccc(S(=O)(=O)N(CC(=O)N(Cc2cccc(C)c2)[C@H](Cc2ccccc2)C(=O)NCC(C)C)c2cc(C)ccc2C)cc1. The summed E-state index contributed by atoms with van der Waals surface area (Å²) in [5, 5.41) is 3.03. The third kappa shape index (κ3) is 8.85. The average molecular weight is 640 g/mol. The monoisotopic (exact) mass is 639 g/mol. The third-order valence-electron chi connectivity index (χ3n) is 7.91. The molecule has 242 valence electrons. The highest BCUT2D eigenvalue weighted by Gasteiger charge is 2.35. The largest absolute Gasteiger partial charge is 0.354 e. The van der Waals surface area contributed by atoms with Crippen LogP contribution < -0.4 is 9.62 Å². The van der Waals surface area contributed by atoms with Crippen LogP contribution >= 0.6 is 0 Å². The first kappa shape index (κ1) is 34.4. The fourth-order valence-corrected chi connectivity index (χ4v) is 6.79. The van der Waals surface area contributed by atoms with Gasteiger partial charge in [0.1, 0.15) is 12.6 Å². The second-order valence-electron chi connectivity index (χ2n) is 12.5. The van der Waals surface area contributed by atoms with Crippen LogP contribution in [-0.4, -0.2) is 44.3 Å². The standard InChI is InChI=1S/C38H45N3O4S/c1-27(2)24-39-38(43)36(23-32-12-8-7-9-13-32)40(25-33-14-10-11-29(4)21-33)37(42)26-41(35-22-30(5)15-18-31(35)6)46(44,45)34-19-16-28(3)17-20-34/h7-22,27,36H,23-26H2,1-6H3,(H,39,43)/t36-/m1/s1. The molecule has 0 aliphatic heterocycles. The summed E-state index contributed by atoms with van der Waals surface area (Å²) in [6.07, 6.45) is 0.274. The van der Waals surface area contributed by atoms with Crippen LogP contribution in [0, 0.1) is 33.6 Å². The number of benzene rings is 4. The highest BCUT2D eigenvalue weighted by atomic mass is 32.2. The smallest absolute Gasteiger partial charge is 0.264 e. The lowest BCUT2D eigenvalue weighted by Crippen LogP contribution is -2.53. The molecular weight excluding hydrogens is 595 g/mol. The lowest BCUT2D eigenvalue weighted by molar-refractivity contribution is -0.140. The van der Waals surface area contributed by atoms with Gasteiger partial charge in [0, 0.05) is 19.5 Å². The van der Waals surface area contributed by atoms with Crippen molar-refractivity contribution in [3.05, 3.63) is 130 Å². The summed E-state index contributed by atoms with van der Waals surface area (Å²) in [6, 6.07) is 28.7. The molecule has 1 atom stereocenters. The van der Waals surface area contributed by atoms with Crippen LogP contribution in [-0.2, 0) is 32.6 Å². The van der Waals surface area contributed by atoms with E-state index in [1.807, 2.05) is 108 Å². The number of amides is 2. The van der Waals surface area contributed by atoms with Gasteiger partial charge in [-0.25, -0.2) is 8.42 Å². The van der Waals surface area contributed by atoms with Crippen LogP contribution in [0.4, 0.5) is 5.69 Å². The highest BCUT2D eigenvalue weighted by Crippen LogP contribution is 2.29. The van der Waals surface area contributed by atoms with Crippen LogP contribution in [0.15, 0.2) is 102 Å². The quantitative estimate of drug-likeness (QED) is 0.180. The molecule has 0 fully saturated rings. The summed E-state index contributed by atoms with van der Waals surface area (Å²) >= 11 is 0. The molecule has 0 heterocycles. The molecule has 46 heavy (non-hydrogen) atoms. The van der Waals surface area contributed by atoms with Crippen molar-refractivity contribution in [3.8, 4) is 0 Å². The van der Waals surface area contributed by atoms with Crippen LogP contribution in [0.1, 0.15) is 47.2 Å². The van der Waals surface area contributed by atoms with Gasteiger partial charge < -0.3 is 10.2 Å². The van der Waals surface area contributed by atoms with E-state index in [-0.39, 0.29) is 29.7 Å². The van der Waals surface area contributed by atoms with E-state index in [0.717, 1.165) is 33.4 Å². The van der Waals surface area contributed by atoms with E-state index in [1.54, 1.807) is 35.2 Å². The van der Waals surface area contributed by atoms with E-state index in [2.05, 4.69) is 5.32 Å². The Hall–Kier alpha value is -4.43. The minimum Gasteiger partial charge on any atom is -0.354 e. The number of hydrogen-bond donors (Lipinski definition) is 1. The summed E-state index contributed by atoms with van der Waals surface area (Å²) in [4.78, 5) is 30.2. The van der Waals surface area contributed by atoms with Gasteiger partial charge in [-0.3, -0.25) is 13.9 Å². The van der Waals surface area contributed by atoms with E-state index in [0.29, 0.717) is 12.2 Å². The van der Waals surface area contributed by atoms with Gasteiger partial charge in [-0.15, -0.1) is 0 Å². The van der Waals surface area contributed by atoms with Crippen molar-refractivity contribution >= 4 is 27.5 Å². The molecule has 0 saturated heterocycles. The number of anilines is 1. The molecule has 4 aromatic carbocycles. The van der Waals surface area contributed by atoms with Gasteiger partial charge in [0.05, 0.1) is 10.6 Å². The van der Waals surface area contributed by atoms with Crippen molar-refractivity contribution in [1.82, 2.24) is 10.2 Å². The molecule has 1 N–H and O–H groups in total. The normalized spacial score (nSPS) is 12.1. The van der Waals surface area contributed by atoms with E-state index < -0.39 is 28.5 Å². The zero-order valence-corrected chi connectivity index (χ0v) is 28.5. The highest BCUT2D eigenvalue weighted by molar-refractivity contribution is 7.92. The Bertz CT molecular complexity index is 1750. The maximum absolute atomic E-state index is 14.7. The third-order valence-corrected chi connectivity index (χ3v) is 9.69. The summed E-state index contributed by atoms with van der Waals surface area (Å²) in [5.41, 5.74) is 5.70. The van der Waals surface area contributed by atoms with E-state index >= 15 is 0 Å². The molecule has 4 aromatic rings. The molecule has 0 radical (unpaired) electrons. The number of sulfonamides is 1. The molecule has 8 heteroatoms. The Labute approximate surface area is 274 Å². The minimum absolute atomic E-state index is 0.0903. The molecule has 0 unspecified atom stereocenters. The van der Waals surface area contributed by atoms with Crippen molar-refractivity contribution in [2.24, 2.45) is 5.92 Å². The lowest BCUT2D eigenvalue weighted by atomic mass is 10.0. The zero-order valence-electron chi connectivity index (χ0n) is 27.7. The first-order valence-electron chi connectivity index (χ1n) is 15.7. The Morgan fingerprint density at radius 1 is 0.739 bits per heavy atom. The molecule has 0 bridgehead atoms. The van der Waals surface area contributed by atoms with Crippen molar-refractivity contribution < 1.29 is 18.0 Å². The Kier molecular flexibility index (Phi) is 11.4. The maximum atomic E-state index is 14.7. The molecule has 4 rings (SSSR count). The minimum atomic E-state index is -4.16. The van der Waals surface area contributed by atoms with Gasteiger partial charge in [-0.05, 0) is 74.1 Å². The topological polar surface area (TPSA) is 86.8 Å². The summed E-state index contributed by atoms with van der Waals surface area (Å²) in [7, 11) is -4.16. The van der Waals surface area contributed by atoms with E-state index in [1.165, 1.54) is 4.31 Å². The number of hydrogen-bond acceptors (Lipinski definition) is 4. The van der Waals surface area contributed by atoms with Crippen LogP contribution in [0.3, 0.4) is 0 Å². The first-order valence-corrected chi connectivity index (χ1v) is 17.1. The first-order chi connectivity index (χ1) is 21.8. The molecule has 2 amide bonds. The molecule has 0 aliphatic carbocycles. The van der Waals surface area contributed by atoms with Gasteiger partial charge in [-0.2, -0.15) is 0 Å². The molecular formula is C38H45N3O4S. The summed E-state index contributed by atoms with van der Waals surface area (Å²) in [6.45, 7) is 11.7. The fourth-order valence-electron chi connectivity index (χ4n) is 5.32. The predicted octanol–water partition coefficient (Wildman–Crippen LogP) is 6.53. The van der Waals surface area contributed by atoms with Crippen LogP contribution in [0.25, 0.3) is 0 Å². The summed E-state index contributed by atoms with van der Waals surface area (Å²) < 4.78 is 29.8. The predicted molar refractivity (Wildman–Crippen MR) is 185 cm³/mol. The summed E-state index contributed by atoms with van der Waals surface area (Å²) in [5.74, 6) is -0.543. The van der Waals surface area contributed by atoms with Crippen molar-refractivity contribution in [2.45, 2.75) is 65.4 Å². The molecule has 0 aliphatic rings. The van der Waals surface area contributed by atoms with E-state index in [9.17, 15) is 18.0 Å². The maximum Gasteiger partial charge on any atom is 0.264 e. The number of carbonyl (C=O) groups excluding carboxylic acids is 2. The number of carbonyl (C=O) groups is 2. The molecule has 0 aromatic heterocycles.